The molecule has 0 N–H and O–H groups in total. The Bertz CT molecular complexity index is 1820. The topological polar surface area (TPSA) is 229 Å². The van der Waals surface area contributed by atoms with Gasteiger partial charge in [-0.2, -0.15) is 0 Å². The number of amides is 1. The third-order valence-corrected chi connectivity index (χ3v) is 12.0. The molecular weight excluding hydrogens is 789 g/mol. The van der Waals surface area contributed by atoms with E-state index in [-0.39, 0.29) is 55.9 Å². The summed E-state index contributed by atoms with van der Waals surface area (Å²) < 4.78 is 34.5. The molecule has 1 saturated heterocycles. The standard InChI is InChI=1S/C36H48N5O14PS/c1-8-52-56(53-9-2,54-10-3)34(35(44)50-22-25-11-15-27(16-12-25)40(46)47)39-29(21-31(42)57-20-19-30(37-5)38(6)7)32(33(39)43)24(4)55-36(45)51-23-26-13-17-28(18-14-26)41(48)49/h11-18,24,29,32H,8-10,19-23H2,1-7H3. The molecule has 2 aromatic rings. The first-order valence-corrected chi connectivity index (χ1v) is 20.4. The fraction of sp³-hybridized carbons (Fsp3) is 0.500. The molecule has 0 spiro atoms. The van der Waals surface area contributed by atoms with Gasteiger partial charge in [-0.05, 0) is 63.1 Å². The molecule has 1 aliphatic heterocycles. The summed E-state index contributed by atoms with van der Waals surface area (Å²) in [7, 11) is 1.42. The smallest absolute Gasteiger partial charge is 0.456 e. The van der Waals surface area contributed by atoms with Gasteiger partial charge in [0.2, 0.25) is 11.3 Å². The molecule has 3 unspecified atom stereocenters. The minimum Gasteiger partial charge on any atom is -0.456 e. The van der Waals surface area contributed by atoms with Gasteiger partial charge in [-0.3, -0.25) is 39.7 Å². The van der Waals surface area contributed by atoms with E-state index in [1.54, 1.807) is 27.8 Å². The normalized spacial score (nSPS) is 15.9. The number of rotatable bonds is 21. The zero-order valence-electron chi connectivity index (χ0n) is 32.8. The Kier molecular flexibility index (Phi) is 18.1. The van der Waals surface area contributed by atoms with Crippen molar-refractivity contribution >= 4 is 65.1 Å². The largest absolute Gasteiger partial charge is 0.508 e. The number of non-ortho nitro benzene ring substituents is 2. The van der Waals surface area contributed by atoms with Gasteiger partial charge in [-0.1, -0.05) is 11.8 Å². The summed E-state index contributed by atoms with van der Waals surface area (Å²) in [5.74, 6) is -1.81. The van der Waals surface area contributed by atoms with Crippen LogP contribution in [0.1, 0.15) is 51.7 Å². The molecule has 3 rings (SSSR count). The lowest BCUT2D eigenvalue weighted by Gasteiger charge is -2.49. The molecule has 21 heteroatoms. The average Bonchev–Trinajstić information content (AvgIpc) is 3.17. The molecule has 0 radical (unpaired) electrons. The van der Waals surface area contributed by atoms with Gasteiger partial charge in [0.1, 0.15) is 19.3 Å². The molecule has 57 heavy (non-hydrogen) atoms. The summed E-state index contributed by atoms with van der Waals surface area (Å²) in [5.41, 5.74) is 0.130. The predicted octanol–water partition coefficient (Wildman–Crippen LogP) is 5.75. The van der Waals surface area contributed by atoms with Crippen LogP contribution < -0.4 is 0 Å². The summed E-state index contributed by atoms with van der Waals surface area (Å²) >= 11 is 1.01. The molecule has 0 saturated carbocycles. The Morgan fingerprint density at radius 2 is 1.37 bits per heavy atom. The third-order valence-electron chi connectivity index (χ3n) is 8.38. The van der Waals surface area contributed by atoms with Crippen LogP contribution in [0.2, 0.25) is 0 Å². The molecule has 0 bridgehead atoms. The van der Waals surface area contributed by atoms with Crippen molar-refractivity contribution in [2.45, 2.75) is 65.9 Å². The molecular formula is C36H48N5O14PS. The zero-order valence-corrected chi connectivity index (χ0v) is 34.5. The summed E-state index contributed by atoms with van der Waals surface area (Å²) in [5, 5.41) is 21.8. The highest BCUT2D eigenvalue weighted by Crippen LogP contribution is 2.55. The predicted molar refractivity (Wildman–Crippen MR) is 211 cm³/mol. The molecule has 1 heterocycles. The minimum absolute atomic E-state index is 0.00881. The van der Waals surface area contributed by atoms with Crippen LogP contribution in [-0.4, -0.2) is 113 Å². The van der Waals surface area contributed by atoms with Crippen LogP contribution in [0.4, 0.5) is 16.2 Å². The second-order valence-electron chi connectivity index (χ2n) is 12.4. The highest BCUT2D eigenvalue weighted by Gasteiger charge is 2.57. The van der Waals surface area contributed by atoms with Gasteiger partial charge in [0.25, 0.3) is 18.9 Å². The lowest BCUT2D eigenvalue weighted by atomic mass is 9.81. The Hall–Kier alpha value is -4.88. The number of hydrogen-bond donors (Lipinski definition) is 0. The summed E-state index contributed by atoms with van der Waals surface area (Å²) in [4.78, 5) is 83.1. The van der Waals surface area contributed by atoms with Crippen molar-refractivity contribution < 1.29 is 56.8 Å². The summed E-state index contributed by atoms with van der Waals surface area (Å²) in [6.45, 7) is 5.71. The maximum absolute atomic E-state index is 14.3. The van der Waals surface area contributed by atoms with Crippen LogP contribution >= 0.6 is 19.3 Å². The number of aliphatic imine (C=N–C) groups is 1. The van der Waals surface area contributed by atoms with Gasteiger partial charge >= 0.3 is 12.1 Å². The van der Waals surface area contributed by atoms with Crippen molar-refractivity contribution in [2.75, 3.05) is 46.7 Å². The number of β-lactam (4-membered cyclic amide) rings is 1. The van der Waals surface area contributed by atoms with Crippen LogP contribution in [0.25, 0.3) is 0 Å². The van der Waals surface area contributed by atoms with Gasteiger partial charge in [-0.25, -0.2) is 9.59 Å². The quantitative estimate of drug-likeness (QED) is 0.0277. The van der Waals surface area contributed by atoms with Crippen molar-refractivity contribution in [3.8, 4) is 0 Å². The third kappa shape index (κ3) is 12.6. The minimum atomic E-state index is -3.89. The van der Waals surface area contributed by atoms with Gasteiger partial charge in [0.15, 0.2) is 5.12 Å². The Morgan fingerprint density at radius 3 is 1.81 bits per heavy atom. The lowest BCUT2D eigenvalue weighted by molar-refractivity contribution is -0.385. The monoisotopic (exact) mass is 837 g/mol. The van der Waals surface area contributed by atoms with Gasteiger partial charge < -0.3 is 32.7 Å². The number of ether oxygens (including phenoxy) is 3. The zero-order chi connectivity index (χ0) is 42.3. The molecule has 19 nitrogen and oxygen atoms in total. The van der Waals surface area contributed by atoms with E-state index in [9.17, 15) is 39.4 Å². The fourth-order valence-corrected chi connectivity index (χ4v) is 8.98. The molecule has 2 aromatic carbocycles. The van der Waals surface area contributed by atoms with E-state index in [1.165, 1.54) is 55.5 Å². The van der Waals surface area contributed by atoms with E-state index < -0.39 is 58.9 Å². The Labute approximate surface area is 334 Å². The number of carbonyl (C=O) groups excluding carboxylic acids is 4. The van der Waals surface area contributed by atoms with Crippen LogP contribution in [0.3, 0.4) is 0 Å². The van der Waals surface area contributed by atoms with Crippen LogP contribution in [-0.2, 0) is 55.4 Å². The number of nitro groups is 2. The molecule has 3 atom stereocenters. The maximum atomic E-state index is 14.3. The fourth-order valence-electron chi connectivity index (χ4n) is 5.77. The number of likely N-dealkylation sites (tertiary alicyclic amines) is 1. The van der Waals surface area contributed by atoms with Crippen LogP contribution in [0.15, 0.2) is 53.5 Å². The summed E-state index contributed by atoms with van der Waals surface area (Å²) in [6, 6.07) is 9.59. The first kappa shape index (κ1) is 46.5. The molecule has 312 valence electrons. The molecule has 0 aromatic heterocycles. The number of nitrogens with zero attached hydrogens (tertiary/aromatic N) is 5. The Morgan fingerprint density at radius 1 is 0.877 bits per heavy atom. The van der Waals surface area contributed by atoms with Crippen LogP contribution in [0, 0.1) is 26.1 Å². The second-order valence-corrected chi connectivity index (χ2v) is 15.7. The second kappa shape index (κ2) is 22.2. The van der Waals surface area contributed by atoms with E-state index in [4.69, 9.17) is 27.8 Å². The van der Waals surface area contributed by atoms with Crippen molar-refractivity contribution in [1.29, 1.82) is 0 Å². The van der Waals surface area contributed by atoms with E-state index in [0.717, 1.165) is 22.5 Å². The van der Waals surface area contributed by atoms with E-state index in [2.05, 4.69) is 4.99 Å². The molecule has 0 aliphatic carbocycles. The van der Waals surface area contributed by atoms with Crippen molar-refractivity contribution in [2.24, 2.45) is 10.9 Å². The molecule has 1 aliphatic rings. The van der Waals surface area contributed by atoms with Gasteiger partial charge in [-0.15, -0.1) is 0 Å². The highest BCUT2D eigenvalue weighted by atomic mass is 32.2. The number of esters is 1. The first-order chi connectivity index (χ1) is 27.1. The maximum Gasteiger partial charge on any atom is 0.508 e. The number of nitro benzene ring substituents is 2. The number of amidine groups is 1. The summed E-state index contributed by atoms with van der Waals surface area (Å²) in [6.07, 6.45) is -2.15. The van der Waals surface area contributed by atoms with Crippen molar-refractivity contribution in [3.05, 3.63) is 79.9 Å². The first-order valence-electron chi connectivity index (χ1n) is 17.9. The van der Waals surface area contributed by atoms with E-state index >= 15 is 0 Å². The van der Waals surface area contributed by atoms with Crippen molar-refractivity contribution in [1.82, 2.24) is 9.80 Å². The average molecular weight is 838 g/mol. The highest BCUT2D eigenvalue weighted by molar-refractivity contribution is 8.13. The van der Waals surface area contributed by atoms with Crippen molar-refractivity contribution in [3.63, 3.8) is 0 Å². The van der Waals surface area contributed by atoms with Gasteiger partial charge in [0.05, 0.1) is 47.5 Å². The van der Waals surface area contributed by atoms with Gasteiger partial charge in [0, 0.05) is 64.0 Å². The van der Waals surface area contributed by atoms with E-state index in [1.807, 2.05) is 19.0 Å². The lowest BCUT2D eigenvalue weighted by Crippen LogP contribution is -2.68. The number of hydrogen-bond acceptors (Lipinski definition) is 16. The number of carbonyl (C=O) groups is 4. The number of thioether (sulfide) groups is 1. The molecule has 1 amide bonds. The van der Waals surface area contributed by atoms with Crippen LogP contribution in [0.5, 0.6) is 0 Å². The number of benzene rings is 2. The molecule has 1 fully saturated rings. The Balaban J connectivity index is 1.99. The SMILES string of the molecule is CCOP(OCC)(OCC)=C(C(=O)OCc1ccc([N+](=O)[O-])cc1)N1C(=O)C(C(C)OC(=O)OCc2ccc([N+](=O)[O-])cc2)C1CC(=O)SCCC(=NC)N(C)C. The van der Waals surface area contributed by atoms with E-state index in [0.29, 0.717) is 23.3 Å².